The molecule has 2 saturated heterocycles. The first-order chi connectivity index (χ1) is 9.86. The Morgan fingerprint density at radius 3 is 2.80 bits per heavy atom. The Balaban J connectivity index is 1.69. The van der Waals surface area contributed by atoms with Crippen LogP contribution in [0.2, 0.25) is 0 Å². The summed E-state index contributed by atoms with van der Waals surface area (Å²) in [6.45, 7) is 3.56. The summed E-state index contributed by atoms with van der Waals surface area (Å²) in [4.78, 5) is 4.52. The van der Waals surface area contributed by atoms with Crippen LogP contribution in [0, 0.1) is 5.92 Å². The highest BCUT2D eigenvalue weighted by molar-refractivity contribution is 5.39. The van der Waals surface area contributed by atoms with Crippen molar-refractivity contribution in [3.05, 3.63) is 23.4 Å². The number of aliphatic hydroxyl groups is 1. The van der Waals surface area contributed by atoms with E-state index < -0.39 is 6.29 Å². The van der Waals surface area contributed by atoms with E-state index in [0.29, 0.717) is 24.8 Å². The topological polar surface area (TPSA) is 72.8 Å². The molecule has 1 aromatic rings. The highest BCUT2D eigenvalue weighted by Gasteiger charge is 2.23. The SMILES string of the molecule is OCc1ccc(NCC2CCOC2)nc1C1OCCO1. The minimum absolute atomic E-state index is 0.0672. The molecule has 6 nitrogen and oxygen atoms in total. The molecule has 1 atom stereocenters. The van der Waals surface area contributed by atoms with E-state index in [-0.39, 0.29) is 6.61 Å². The lowest BCUT2D eigenvalue weighted by Crippen LogP contribution is -2.16. The second kappa shape index (κ2) is 6.49. The number of hydrogen-bond acceptors (Lipinski definition) is 6. The number of pyridine rings is 1. The molecule has 0 bridgehead atoms. The van der Waals surface area contributed by atoms with Gasteiger partial charge >= 0.3 is 0 Å². The normalized spacial score (nSPS) is 23.4. The van der Waals surface area contributed by atoms with Gasteiger partial charge in [-0.05, 0) is 12.5 Å². The Bertz CT molecular complexity index is 443. The van der Waals surface area contributed by atoms with Crippen molar-refractivity contribution >= 4 is 5.82 Å². The van der Waals surface area contributed by atoms with Crippen molar-refractivity contribution in [2.75, 3.05) is 38.3 Å². The zero-order valence-corrected chi connectivity index (χ0v) is 11.4. The molecule has 0 aromatic carbocycles. The second-order valence-electron chi connectivity index (χ2n) is 5.08. The lowest BCUT2D eigenvalue weighted by Gasteiger charge is -2.15. The van der Waals surface area contributed by atoms with Crippen LogP contribution in [-0.2, 0) is 20.8 Å². The van der Waals surface area contributed by atoms with E-state index in [0.717, 1.165) is 37.6 Å². The Labute approximate surface area is 118 Å². The van der Waals surface area contributed by atoms with Crippen LogP contribution in [0.15, 0.2) is 12.1 Å². The van der Waals surface area contributed by atoms with Gasteiger partial charge in [0, 0.05) is 24.6 Å². The number of aromatic nitrogens is 1. The molecular weight excluding hydrogens is 260 g/mol. The van der Waals surface area contributed by atoms with Gasteiger partial charge in [0.2, 0.25) is 6.29 Å². The predicted octanol–water partition coefficient (Wildman–Crippen LogP) is 1.07. The molecule has 2 aliphatic rings. The van der Waals surface area contributed by atoms with Crippen molar-refractivity contribution in [1.82, 2.24) is 4.98 Å². The van der Waals surface area contributed by atoms with E-state index in [1.54, 1.807) is 0 Å². The van der Waals surface area contributed by atoms with E-state index in [9.17, 15) is 5.11 Å². The number of rotatable bonds is 5. The summed E-state index contributed by atoms with van der Waals surface area (Å²) in [7, 11) is 0. The third-order valence-corrected chi connectivity index (χ3v) is 3.62. The zero-order chi connectivity index (χ0) is 13.8. The molecule has 0 spiro atoms. The number of aliphatic hydroxyl groups excluding tert-OH is 1. The maximum Gasteiger partial charge on any atom is 0.201 e. The molecule has 0 saturated carbocycles. The molecule has 1 unspecified atom stereocenters. The van der Waals surface area contributed by atoms with Crippen molar-refractivity contribution in [2.45, 2.75) is 19.3 Å². The second-order valence-corrected chi connectivity index (χ2v) is 5.08. The van der Waals surface area contributed by atoms with Crippen molar-refractivity contribution < 1.29 is 19.3 Å². The summed E-state index contributed by atoms with van der Waals surface area (Å²) < 4.78 is 16.3. The number of hydrogen-bond donors (Lipinski definition) is 2. The number of anilines is 1. The lowest BCUT2D eigenvalue weighted by molar-refractivity contribution is -0.0484. The molecular formula is C14H20N2O4. The molecule has 3 rings (SSSR count). The molecule has 1 aromatic heterocycles. The summed E-state index contributed by atoms with van der Waals surface area (Å²) in [6, 6.07) is 3.74. The molecule has 0 aliphatic carbocycles. The zero-order valence-electron chi connectivity index (χ0n) is 11.4. The van der Waals surface area contributed by atoms with Gasteiger partial charge in [0.1, 0.15) is 11.5 Å². The van der Waals surface area contributed by atoms with Gasteiger partial charge in [-0.15, -0.1) is 0 Å². The quantitative estimate of drug-likeness (QED) is 0.840. The highest BCUT2D eigenvalue weighted by Crippen LogP contribution is 2.26. The van der Waals surface area contributed by atoms with Crippen LogP contribution in [0.4, 0.5) is 5.82 Å². The smallest absolute Gasteiger partial charge is 0.201 e. The van der Waals surface area contributed by atoms with Gasteiger partial charge in [-0.25, -0.2) is 4.98 Å². The van der Waals surface area contributed by atoms with E-state index in [2.05, 4.69) is 10.3 Å². The average Bonchev–Trinajstić information content (AvgIpc) is 3.18. The third kappa shape index (κ3) is 3.09. The van der Waals surface area contributed by atoms with Gasteiger partial charge in [0.05, 0.1) is 26.4 Å². The van der Waals surface area contributed by atoms with Gasteiger partial charge in [-0.3, -0.25) is 0 Å². The summed E-state index contributed by atoms with van der Waals surface area (Å²) in [5.41, 5.74) is 1.41. The largest absolute Gasteiger partial charge is 0.392 e. The number of nitrogens with one attached hydrogen (secondary N) is 1. The summed E-state index contributed by atoms with van der Waals surface area (Å²) in [5.74, 6) is 1.32. The fourth-order valence-electron chi connectivity index (χ4n) is 2.45. The molecule has 110 valence electrons. The van der Waals surface area contributed by atoms with Crippen LogP contribution in [-0.4, -0.2) is 43.1 Å². The van der Waals surface area contributed by atoms with Crippen LogP contribution < -0.4 is 5.32 Å². The van der Waals surface area contributed by atoms with Crippen molar-refractivity contribution in [1.29, 1.82) is 0 Å². The molecule has 2 fully saturated rings. The average molecular weight is 280 g/mol. The Morgan fingerprint density at radius 1 is 1.25 bits per heavy atom. The molecule has 3 heterocycles. The maximum absolute atomic E-state index is 9.38. The minimum atomic E-state index is -0.464. The first-order valence-corrected chi connectivity index (χ1v) is 7.02. The van der Waals surface area contributed by atoms with Crippen molar-refractivity contribution in [3.63, 3.8) is 0 Å². The van der Waals surface area contributed by atoms with E-state index in [1.807, 2.05) is 12.1 Å². The predicted molar refractivity (Wildman–Crippen MR) is 72.2 cm³/mol. The molecule has 6 heteroatoms. The maximum atomic E-state index is 9.38. The van der Waals surface area contributed by atoms with Gasteiger partial charge in [0.25, 0.3) is 0 Å². The highest BCUT2D eigenvalue weighted by atomic mass is 16.7. The Morgan fingerprint density at radius 2 is 2.10 bits per heavy atom. The molecule has 20 heavy (non-hydrogen) atoms. The molecule has 0 radical (unpaired) electrons. The standard InChI is InChI=1S/C14H20N2O4/c17-8-11-1-2-12(15-7-10-3-4-18-9-10)16-13(11)14-19-5-6-20-14/h1-2,10,14,17H,3-9H2,(H,15,16). The van der Waals surface area contributed by atoms with Crippen LogP contribution in [0.1, 0.15) is 24.0 Å². The monoisotopic (exact) mass is 280 g/mol. The van der Waals surface area contributed by atoms with E-state index in [1.165, 1.54) is 0 Å². The van der Waals surface area contributed by atoms with E-state index in [4.69, 9.17) is 14.2 Å². The minimum Gasteiger partial charge on any atom is -0.392 e. The van der Waals surface area contributed by atoms with Crippen LogP contribution >= 0.6 is 0 Å². The molecule has 2 N–H and O–H groups in total. The van der Waals surface area contributed by atoms with Gasteiger partial charge in [-0.1, -0.05) is 6.07 Å². The first-order valence-electron chi connectivity index (χ1n) is 7.02. The van der Waals surface area contributed by atoms with Crippen LogP contribution in [0.5, 0.6) is 0 Å². The molecule has 0 amide bonds. The summed E-state index contributed by atoms with van der Waals surface area (Å²) in [5, 5.41) is 12.7. The van der Waals surface area contributed by atoms with Gasteiger partial charge in [0.15, 0.2) is 0 Å². The number of ether oxygens (including phenoxy) is 3. The fourth-order valence-corrected chi connectivity index (χ4v) is 2.45. The lowest BCUT2D eigenvalue weighted by atomic mass is 10.1. The molecule has 2 aliphatic heterocycles. The third-order valence-electron chi connectivity index (χ3n) is 3.62. The first kappa shape index (κ1) is 13.8. The van der Waals surface area contributed by atoms with Gasteiger partial charge < -0.3 is 24.6 Å². The van der Waals surface area contributed by atoms with Crippen LogP contribution in [0.3, 0.4) is 0 Å². The number of nitrogens with zero attached hydrogens (tertiary/aromatic N) is 1. The van der Waals surface area contributed by atoms with E-state index >= 15 is 0 Å². The van der Waals surface area contributed by atoms with Crippen molar-refractivity contribution in [2.24, 2.45) is 5.92 Å². The van der Waals surface area contributed by atoms with Gasteiger partial charge in [-0.2, -0.15) is 0 Å². The van der Waals surface area contributed by atoms with Crippen LogP contribution in [0.25, 0.3) is 0 Å². The fraction of sp³-hybridized carbons (Fsp3) is 0.643. The summed E-state index contributed by atoms with van der Waals surface area (Å²) in [6.07, 6.45) is 0.623. The Kier molecular flexibility index (Phi) is 4.47. The summed E-state index contributed by atoms with van der Waals surface area (Å²) >= 11 is 0. The Hall–Kier alpha value is -1.21. The van der Waals surface area contributed by atoms with Crippen molar-refractivity contribution in [3.8, 4) is 0 Å².